The summed E-state index contributed by atoms with van der Waals surface area (Å²) < 4.78 is 17.7. The first-order valence-electron chi connectivity index (χ1n) is 7.19. The zero-order valence-electron chi connectivity index (χ0n) is 12.5. The van der Waals surface area contributed by atoms with E-state index in [1.54, 1.807) is 11.0 Å². The minimum atomic E-state index is -0.424. The number of rotatable bonds is 4. The number of ether oxygens (including phenoxy) is 1. The molecule has 0 atom stereocenters. The molecule has 1 aliphatic heterocycles. The molecule has 22 heavy (non-hydrogen) atoms. The van der Waals surface area contributed by atoms with Gasteiger partial charge in [-0.25, -0.2) is 9.18 Å². The lowest BCUT2D eigenvalue weighted by Crippen LogP contribution is -2.50. The highest BCUT2D eigenvalue weighted by Crippen LogP contribution is 2.04. The molecule has 0 radical (unpaired) electrons. The molecule has 7 heteroatoms. The van der Waals surface area contributed by atoms with E-state index in [-0.39, 0.29) is 12.0 Å². The quantitative estimate of drug-likeness (QED) is 0.899. The van der Waals surface area contributed by atoms with Crippen molar-refractivity contribution in [3.8, 4) is 0 Å². The molecule has 1 N–H and O–H groups in total. The minimum absolute atomic E-state index is 0.285. The molecule has 1 fully saturated rings. The summed E-state index contributed by atoms with van der Waals surface area (Å²) in [6.45, 7) is 3.88. The first kappa shape index (κ1) is 16.2. The number of hydrogen-bond acceptors (Lipinski definition) is 4. The molecule has 2 rings (SSSR count). The maximum atomic E-state index is 13.0. The smallest absolute Gasteiger partial charge is 0.409 e. The van der Waals surface area contributed by atoms with E-state index >= 15 is 0 Å². The van der Waals surface area contributed by atoms with Gasteiger partial charge >= 0.3 is 6.09 Å². The number of hydrogen-bond donors (Lipinski definition) is 1. The molecule has 0 saturated carbocycles. The standard InChI is InChI=1S/C15H20FN3O3/c1-22-15(21)19-9-7-18(8-10-19)6-5-17-14(20)12-3-2-4-13(16)11-12/h2-4,11H,5-10H2,1H3,(H,17,20). The summed E-state index contributed by atoms with van der Waals surface area (Å²) in [6, 6.07) is 5.60. The Morgan fingerprint density at radius 3 is 2.64 bits per heavy atom. The van der Waals surface area contributed by atoms with Crippen molar-refractivity contribution in [2.75, 3.05) is 46.4 Å². The van der Waals surface area contributed by atoms with E-state index < -0.39 is 5.82 Å². The molecule has 1 saturated heterocycles. The number of nitrogens with one attached hydrogen (secondary N) is 1. The molecule has 0 spiro atoms. The number of methoxy groups -OCH3 is 1. The van der Waals surface area contributed by atoms with Crippen molar-refractivity contribution in [3.63, 3.8) is 0 Å². The van der Waals surface area contributed by atoms with Gasteiger partial charge < -0.3 is 15.0 Å². The summed E-state index contributed by atoms with van der Waals surface area (Å²) in [4.78, 5) is 27.0. The zero-order chi connectivity index (χ0) is 15.9. The van der Waals surface area contributed by atoms with Crippen LogP contribution in [-0.2, 0) is 4.74 Å². The van der Waals surface area contributed by atoms with E-state index in [4.69, 9.17) is 0 Å². The summed E-state index contributed by atoms with van der Waals surface area (Å²) >= 11 is 0. The lowest BCUT2D eigenvalue weighted by Gasteiger charge is -2.33. The van der Waals surface area contributed by atoms with Crippen molar-refractivity contribution < 1.29 is 18.7 Å². The maximum Gasteiger partial charge on any atom is 0.409 e. The molecule has 1 aliphatic rings. The Hall–Kier alpha value is -2.15. The van der Waals surface area contributed by atoms with Crippen molar-refractivity contribution in [2.24, 2.45) is 0 Å². The van der Waals surface area contributed by atoms with Gasteiger partial charge in [0, 0.05) is 44.8 Å². The Kier molecular flexibility index (Phi) is 5.71. The van der Waals surface area contributed by atoms with Gasteiger partial charge in [-0.3, -0.25) is 9.69 Å². The van der Waals surface area contributed by atoms with Crippen molar-refractivity contribution in [2.45, 2.75) is 0 Å². The van der Waals surface area contributed by atoms with Crippen LogP contribution < -0.4 is 5.32 Å². The van der Waals surface area contributed by atoms with Crippen LogP contribution in [0.5, 0.6) is 0 Å². The van der Waals surface area contributed by atoms with E-state index in [0.29, 0.717) is 31.7 Å². The topological polar surface area (TPSA) is 61.9 Å². The van der Waals surface area contributed by atoms with Crippen LogP contribution in [0, 0.1) is 5.82 Å². The number of benzene rings is 1. The van der Waals surface area contributed by atoms with Crippen molar-refractivity contribution in [1.29, 1.82) is 0 Å². The highest BCUT2D eigenvalue weighted by Gasteiger charge is 2.21. The molecule has 1 aromatic carbocycles. The summed E-state index contributed by atoms with van der Waals surface area (Å²) in [6.07, 6.45) is -0.306. The first-order valence-corrected chi connectivity index (χ1v) is 7.19. The monoisotopic (exact) mass is 309 g/mol. The lowest BCUT2D eigenvalue weighted by molar-refractivity contribution is 0.0884. The van der Waals surface area contributed by atoms with Crippen LogP contribution in [0.15, 0.2) is 24.3 Å². The average Bonchev–Trinajstić information content (AvgIpc) is 2.54. The molecule has 0 bridgehead atoms. The second-order valence-corrected chi connectivity index (χ2v) is 5.06. The Labute approximate surface area is 128 Å². The van der Waals surface area contributed by atoms with Crippen molar-refractivity contribution >= 4 is 12.0 Å². The number of piperazine rings is 1. The summed E-state index contributed by atoms with van der Waals surface area (Å²) in [5.74, 6) is -0.709. The van der Waals surface area contributed by atoms with Gasteiger partial charge in [0.15, 0.2) is 0 Å². The second kappa shape index (κ2) is 7.74. The van der Waals surface area contributed by atoms with Gasteiger partial charge in [-0.05, 0) is 18.2 Å². The van der Waals surface area contributed by atoms with Crippen molar-refractivity contribution in [1.82, 2.24) is 15.1 Å². The molecule has 6 nitrogen and oxygen atoms in total. The number of carbonyl (C=O) groups excluding carboxylic acids is 2. The van der Waals surface area contributed by atoms with Crippen LogP contribution >= 0.6 is 0 Å². The van der Waals surface area contributed by atoms with E-state index in [0.717, 1.165) is 13.1 Å². The maximum absolute atomic E-state index is 13.0. The minimum Gasteiger partial charge on any atom is -0.453 e. The van der Waals surface area contributed by atoms with Gasteiger partial charge in [0.1, 0.15) is 5.82 Å². The normalized spacial score (nSPS) is 15.5. The predicted molar refractivity (Wildman–Crippen MR) is 79.2 cm³/mol. The van der Waals surface area contributed by atoms with Crippen LogP contribution in [0.4, 0.5) is 9.18 Å². The molecule has 0 aliphatic carbocycles. The summed E-state index contributed by atoms with van der Waals surface area (Å²) in [7, 11) is 1.37. The summed E-state index contributed by atoms with van der Waals surface area (Å²) in [5, 5.41) is 2.77. The van der Waals surface area contributed by atoms with Crippen molar-refractivity contribution in [3.05, 3.63) is 35.6 Å². The Morgan fingerprint density at radius 2 is 2.00 bits per heavy atom. The van der Waals surface area contributed by atoms with Gasteiger partial charge in [0.05, 0.1) is 7.11 Å². The number of nitrogens with zero attached hydrogens (tertiary/aromatic N) is 2. The van der Waals surface area contributed by atoms with Gasteiger partial charge in [-0.1, -0.05) is 6.07 Å². The fourth-order valence-electron chi connectivity index (χ4n) is 2.34. The van der Waals surface area contributed by atoms with Crippen LogP contribution in [0.1, 0.15) is 10.4 Å². The van der Waals surface area contributed by atoms with E-state index in [1.807, 2.05) is 0 Å². The van der Waals surface area contributed by atoms with Crippen LogP contribution in [0.25, 0.3) is 0 Å². The molecular formula is C15H20FN3O3. The number of halogens is 1. The molecule has 0 unspecified atom stereocenters. The predicted octanol–water partition coefficient (Wildman–Crippen LogP) is 0.939. The molecule has 0 aromatic heterocycles. The van der Waals surface area contributed by atoms with Crippen LogP contribution in [0.3, 0.4) is 0 Å². The fraction of sp³-hybridized carbons (Fsp3) is 0.467. The Bertz CT molecular complexity index is 531. The van der Waals surface area contributed by atoms with Gasteiger partial charge in [0.2, 0.25) is 0 Å². The highest BCUT2D eigenvalue weighted by atomic mass is 19.1. The lowest BCUT2D eigenvalue weighted by atomic mass is 10.2. The van der Waals surface area contributed by atoms with Crippen LogP contribution in [0.2, 0.25) is 0 Å². The molecule has 120 valence electrons. The first-order chi connectivity index (χ1) is 10.6. The number of amides is 2. The van der Waals surface area contributed by atoms with E-state index in [1.165, 1.54) is 25.3 Å². The average molecular weight is 309 g/mol. The molecule has 1 aromatic rings. The third kappa shape index (κ3) is 4.42. The highest BCUT2D eigenvalue weighted by molar-refractivity contribution is 5.94. The zero-order valence-corrected chi connectivity index (χ0v) is 12.5. The fourth-order valence-corrected chi connectivity index (χ4v) is 2.34. The summed E-state index contributed by atoms with van der Waals surface area (Å²) in [5.41, 5.74) is 0.315. The largest absolute Gasteiger partial charge is 0.453 e. The van der Waals surface area contributed by atoms with E-state index in [2.05, 4.69) is 15.0 Å². The Morgan fingerprint density at radius 1 is 1.27 bits per heavy atom. The third-order valence-electron chi connectivity index (χ3n) is 3.61. The van der Waals surface area contributed by atoms with Gasteiger partial charge in [-0.15, -0.1) is 0 Å². The SMILES string of the molecule is COC(=O)N1CCN(CCNC(=O)c2cccc(F)c2)CC1. The molecular weight excluding hydrogens is 289 g/mol. The van der Waals surface area contributed by atoms with Crippen LogP contribution in [-0.4, -0.2) is 68.2 Å². The molecule has 1 heterocycles. The second-order valence-electron chi connectivity index (χ2n) is 5.06. The van der Waals surface area contributed by atoms with Gasteiger partial charge in [0.25, 0.3) is 5.91 Å². The van der Waals surface area contributed by atoms with E-state index in [9.17, 15) is 14.0 Å². The number of carbonyl (C=O) groups is 2. The Balaban J connectivity index is 1.69. The molecule has 2 amide bonds. The van der Waals surface area contributed by atoms with Gasteiger partial charge in [-0.2, -0.15) is 0 Å². The third-order valence-corrected chi connectivity index (χ3v) is 3.61.